The van der Waals surface area contributed by atoms with Gasteiger partial charge in [0.25, 0.3) is 0 Å². The molecule has 18 heavy (non-hydrogen) atoms. The minimum Gasteiger partial charge on any atom is -0.490 e. The summed E-state index contributed by atoms with van der Waals surface area (Å²) in [5.74, 6) is 1.62. The Kier molecular flexibility index (Phi) is 6.73. The first-order valence-electron chi connectivity index (χ1n) is 6.93. The molecule has 3 heteroatoms. The second kappa shape index (κ2) is 8.09. The highest BCUT2D eigenvalue weighted by Crippen LogP contribution is 2.20. The first-order chi connectivity index (χ1) is 8.63. The van der Waals surface area contributed by atoms with Crippen molar-refractivity contribution in [2.75, 3.05) is 6.54 Å². The molecule has 102 valence electrons. The van der Waals surface area contributed by atoms with Crippen molar-refractivity contribution in [1.29, 1.82) is 0 Å². The maximum Gasteiger partial charge on any atom is 0.127 e. The van der Waals surface area contributed by atoms with E-state index in [1.54, 1.807) is 6.20 Å². The Hall–Kier alpha value is -1.09. The van der Waals surface area contributed by atoms with E-state index in [0.29, 0.717) is 5.92 Å². The molecule has 0 aliphatic carbocycles. The summed E-state index contributed by atoms with van der Waals surface area (Å²) in [4.78, 5) is 4.17. The van der Waals surface area contributed by atoms with E-state index in [2.05, 4.69) is 38.0 Å². The Labute approximate surface area is 111 Å². The smallest absolute Gasteiger partial charge is 0.127 e. The lowest BCUT2D eigenvalue weighted by molar-refractivity contribution is 0.191. The van der Waals surface area contributed by atoms with Crippen molar-refractivity contribution < 1.29 is 4.74 Å². The van der Waals surface area contributed by atoms with Gasteiger partial charge in [-0.3, -0.25) is 4.98 Å². The van der Waals surface area contributed by atoms with Crippen LogP contribution in [0.4, 0.5) is 0 Å². The third-order valence-electron chi connectivity index (χ3n) is 2.73. The number of nitrogens with one attached hydrogen (secondary N) is 1. The molecule has 0 aliphatic heterocycles. The van der Waals surface area contributed by atoms with E-state index in [-0.39, 0.29) is 6.10 Å². The molecule has 0 amide bonds. The maximum atomic E-state index is 6.01. The van der Waals surface area contributed by atoms with Gasteiger partial charge in [0, 0.05) is 24.5 Å². The van der Waals surface area contributed by atoms with Gasteiger partial charge in [-0.25, -0.2) is 0 Å². The number of aromatic nitrogens is 1. The van der Waals surface area contributed by atoms with Crippen molar-refractivity contribution in [3.8, 4) is 5.75 Å². The molecule has 1 rings (SSSR count). The zero-order chi connectivity index (χ0) is 13.4. The third-order valence-corrected chi connectivity index (χ3v) is 2.73. The molecule has 1 heterocycles. The zero-order valence-electron chi connectivity index (χ0n) is 12.1. The van der Waals surface area contributed by atoms with E-state index in [0.717, 1.165) is 37.2 Å². The van der Waals surface area contributed by atoms with Gasteiger partial charge in [-0.1, -0.05) is 20.8 Å². The summed E-state index contributed by atoms with van der Waals surface area (Å²) >= 11 is 0. The molecule has 1 atom stereocenters. The van der Waals surface area contributed by atoms with Crippen LogP contribution in [0.25, 0.3) is 0 Å². The molecule has 0 bridgehead atoms. The molecular weight excluding hydrogens is 224 g/mol. The second-order valence-corrected chi connectivity index (χ2v) is 5.22. The lowest BCUT2D eigenvalue weighted by Gasteiger charge is -2.18. The molecule has 1 N–H and O–H groups in total. The summed E-state index contributed by atoms with van der Waals surface area (Å²) in [6.45, 7) is 10.6. The Bertz CT molecular complexity index is 339. The van der Waals surface area contributed by atoms with Gasteiger partial charge in [0.05, 0.1) is 6.10 Å². The van der Waals surface area contributed by atoms with Crippen LogP contribution in [-0.2, 0) is 6.54 Å². The van der Waals surface area contributed by atoms with Crippen LogP contribution in [0.5, 0.6) is 5.75 Å². The van der Waals surface area contributed by atoms with E-state index < -0.39 is 0 Å². The van der Waals surface area contributed by atoms with Crippen LogP contribution in [0.2, 0.25) is 0 Å². The van der Waals surface area contributed by atoms with Crippen molar-refractivity contribution in [2.24, 2.45) is 5.92 Å². The van der Waals surface area contributed by atoms with E-state index in [1.165, 1.54) is 0 Å². The third kappa shape index (κ3) is 5.50. The highest BCUT2D eigenvalue weighted by Gasteiger charge is 2.09. The van der Waals surface area contributed by atoms with Gasteiger partial charge in [0.2, 0.25) is 0 Å². The average molecular weight is 250 g/mol. The highest BCUT2D eigenvalue weighted by atomic mass is 16.5. The summed E-state index contributed by atoms with van der Waals surface area (Å²) in [7, 11) is 0. The lowest BCUT2D eigenvalue weighted by Crippen LogP contribution is -2.18. The molecule has 1 aromatic rings. The zero-order valence-corrected chi connectivity index (χ0v) is 12.1. The molecule has 0 radical (unpaired) electrons. The number of nitrogens with zero attached hydrogens (tertiary/aromatic N) is 1. The predicted molar refractivity (Wildman–Crippen MR) is 75.8 cm³/mol. The fourth-order valence-corrected chi connectivity index (χ4v) is 1.99. The Morgan fingerprint density at radius 3 is 2.78 bits per heavy atom. The van der Waals surface area contributed by atoms with Crippen molar-refractivity contribution >= 4 is 0 Å². The van der Waals surface area contributed by atoms with Crippen LogP contribution >= 0.6 is 0 Å². The van der Waals surface area contributed by atoms with Gasteiger partial charge in [0.15, 0.2) is 0 Å². The number of hydrogen-bond donors (Lipinski definition) is 1. The fourth-order valence-electron chi connectivity index (χ4n) is 1.99. The number of ether oxygens (including phenoxy) is 1. The first-order valence-corrected chi connectivity index (χ1v) is 6.93. The van der Waals surface area contributed by atoms with E-state index in [4.69, 9.17) is 4.74 Å². The maximum absolute atomic E-state index is 6.01. The van der Waals surface area contributed by atoms with Gasteiger partial charge in [-0.05, 0) is 38.3 Å². The van der Waals surface area contributed by atoms with E-state index in [9.17, 15) is 0 Å². The van der Waals surface area contributed by atoms with Crippen molar-refractivity contribution in [1.82, 2.24) is 10.3 Å². The summed E-state index contributed by atoms with van der Waals surface area (Å²) in [5, 5.41) is 3.39. The second-order valence-electron chi connectivity index (χ2n) is 5.22. The van der Waals surface area contributed by atoms with E-state index >= 15 is 0 Å². The molecule has 0 saturated heterocycles. The minimum atomic E-state index is 0.248. The van der Waals surface area contributed by atoms with Crippen LogP contribution in [0, 0.1) is 5.92 Å². The molecule has 0 saturated carbocycles. The van der Waals surface area contributed by atoms with Gasteiger partial charge in [-0.15, -0.1) is 0 Å². The standard InChI is InChI=1S/C15H26N2O/c1-5-7-16-10-14-11-17-8-6-15(14)18-13(4)9-12(2)3/h6,8,11-13,16H,5,7,9-10H2,1-4H3. The average Bonchev–Trinajstić information content (AvgIpc) is 2.30. The Morgan fingerprint density at radius 1 is 1.33 bits per heavy atom. The van der Waals surface area contributed by atoms with Gasteiger partial charge < -0.3 is 10.1 Å². The van der Waals surface area contributed by atoms with Crippen molar-refractivity contribution in [3.05, 3.63) is 24.0 Å². The van der Waals surface area contributed by atoms with Crippen LogP contribution in [0.15, 0.2) is 18.5 Å². The van der Waals surface area contributed by atoms with Crippen LogP contribution < -0.4 is 10.1 Å². The molecule has 0 aliphatic rings. The first kappa shape index (κ1) is 15.0. The Morgan fingerprint density at radius 2 is 2.11 bits per heavy atom. The molecule has 0 spiro atoms. The Balaban J connectivity index is 2.58. The quantitative estimate of drug-likeness (QED) is 0.718. The topological polar surface area (TPSA) is 34.2 Å². The summed E-state index contributed by atoms with van der Waals surface area (Å²) in [6, 6.07) is 1.96. The molecule has 0 aromatic carbocycles. The summed E-state index contributed by atoms with van der Waals surface area (Å²) in [5.41, 5.74) is 1.14. The molecular formula is C15H26N2O. The molecule has 1 unspecified atom stereocenters. The largest absolute Gasteiger partial charge is 0.490 e. The van der Waals surface area contributed by atoms with Crippen molar-refractivity contribution in [3.63, 3.8) is 0 Å². The predicted octanol–water partition coefficient (Wildman–Crippen LogP) is 3.39. The van der Waals surface area contributed by atoms with Gasteiger partial charge in [-0.2, -0.15) is 0 Å². The number of rotatable bonds is 8. The van der Waals surface area contributed by atoms with Crippen LogP contribution in [0.3, 0.4) is 0 Å². The van der Waals surface area contributed by atoms with Gasteiger partial charge in [0.1, 0.15) is 5.75 Å². The fraction of sp³-hybridized carbons (Fsp3) is 0.667. The lowest BCUT2D eigenvalue weighted by atomic mass is 10.1. The molecule has 3 nitrogen and oxygen atoms in total. The van der Waals surface area contributed by atoms with E-state index in [1.807, 2.05) is 12.3 Å². The monoisotopic (exact) mass is 250 g/mol. The molecule has 1 aromatic heterocycles. The normalized spacial score (nSPS) is 12.7. The SMILES string of the molecule is CCCNCc1cnccc1OC(C)CC(C)C. The molecule has 0 fully saturated rings. The minimum absolute atomic E-state index is 0.248. The highest BCUT2D eigenvalue weighted by molar-refractivity contribution is 5.30. The summed E-state index contributed by atoms with van der Waals surface area (Å²) in [6.07, 6.45) is 6.14. The van der Waals surface area contributed by atoms with Crippen molar-refractivity contribution in [2.45, 2.75) is 53.2 Å². The van der Waals surface area contributed by atoms with Crippen LogP contribution in [0.1, 0.15) is 46.1 Å². The number of hydrogen-bond acceptors (Lipinski definition) is 3. The van der Waals surface area contributed by atoms with Gasteiger partial charge >= 0.3 is 0 Å². The number of pyridine rings is 1. The van der Waals surface area contributed by atoms with Crippen LogP contribution in [-0.4, -0.2) is 17.6 Å². The summed E-state index contributed by atoms with van der Waals surface area (Å²) < 4.78 is 6.01.